The summed E-state index contributed by atoms with van der Waals surface area (Å²) >= 11 is 0. The van der Waals surface area contributed by atoms with Crippen molar-refractivity contribution in [1.29, 1.82) is 0 Å². The zero-order valence-corrected chi connectivity index (χ0v) is 18.0. The Bertz CT molecular complexity index is 790. The van der Waals surface area contributed by atoms with Crippen LogP contribution in [-0.4, -0.2) is 49.1 Å². The zero-order valence-electron chi connectivity index (χ0n) is 18.0. The van der Waals surface area contributed by atoms with E-state index in [1.807, 2.05) is 31.2 Å². The van der Waals surface area contributed by atoms with Crippen molar-refractivity contribution in [1.82, 2.24) is 15.2 Å². The van der Waals surface area contributed by atoms with E-state index < -0.39 is 0 Å². The number of carbonyl (C=O) groups is 1. The fourth-order valence-electron chi connectivity index (χ4n) is 3.81. The lowest BCUT2D eigenvalue weighted by molar-refractivity contribution is -0.120. The number of hydrogen-bond acceptors (Lipinski definition) is 5. The van der Waals surface area contributed by atoms with Crippen LogP contribution in [0.5, 0.6) is 5.75 Å². The highest BCUT2D eigenvalue weighted by molar-refractivity contribution is 5.78. The number of piperidine rings is 1. The predicted octanol–water partition coefficient (Wildman–Crippen LogP) is 3.69. The normalized spacial score (nSPS) is 15.6. The van der Waals surface area contributed by atoms with E-state index in [4.69, 9.17) is 9.15 Å². The number of benzene rings is 1. The summed E-state index contributed by atoms with van der Waals surface area (Å²) in [5, 5.41) is 3.09. The first kappa shape index (κ1) is 21.4. The number of nitrogens with zero attached hydrogens (tertiary/aromatic N) is 2. The van der Waals surface area contributed by atoms with Crippen molar-refractivity contribution in [2.75, 3.05) is 33.3 Å². The number of amides is 1. The summed E-state index contributed by atoms with van der Waals surface area (Å²) < 4.78 is 11.0. The van der Waals surface area contributed by atoms with Crippen LogP contribution in [0.25, 0.3) is 11.5 Å². The van der Waals surface area contributed by atoms with Crippen molar-refractivity contribution in [2.45, 2.75) is 40.0 Å². The van der Waals surface area contributed by atoms with Crippen LogP contribution >= 0.6 is 0 Å². The number of methoxy groups -OCH3 is 1. The molecular formula is C23H33N3O3. The standard InChI is InChI=1S/C23H33N3O3/c1-16(2)15-26-11-9-18(10-12-26)14-24-22(27)13-21-17(3)29-23(25-21)19-5-7-20(28-4)8-6-19/h5-8,16,18H,9-15H2,1-4H3,(H,24,27). The quantitative estimate of drug-likeness (QED) is 0.733. The van der Waals surface area contributed by atoms with Crippen molar-refractivity contribution < 1.29 is 13.9 Å². The van der Waals surface area contributed by atoms with Gasteiger partial charge in [0, 0.05) is 18.7 Å². The monoisotopic (exact) mass is 399 g/mol. The number of carbonyl (C=O) groups excluding carboxylic acids is 1. The Morgan fingerprint density at radius 2 is 1.97 bits per heavy atom. The van der Waals surface area contributed by atoms with E-state index in [1.165, 1.54) is 6.54 Å². The van der Waals surface area contributed by atoms with Crippen LogP contribution in [0.1, 0.15) is 38.1 Å². The molecule has 6 heteroatoms. The topological polar surface area (TPSA) is 67.6 Å². The molecule has 0 unspecified atom stereocenters. The summed E-state index contributed by atoms with van der Waals surface area (Å²) in [6.45, 7) is 10.6. The Morgan fingerprint density at radius 1 is 1.28 bits per heavy atom. The minimum Gasteiger partial charge on any atom is -0.497 e. The number of hydrogen-bond donors (Lipinski definition) is 1. The third kappa shape index (κ3) is 6.07. The summed E-state index contributed by atoms with van der Waals surface area (Å²) in [5.41, 5.74) is 1.56. The van der Waals surface area contributed by atoms with Crippen LogP contribution in [0.2, 0.25) is 0 Å². The molecule has 1 aliphatic rings. The number of aromatic nitrogens is 1. The molecule has 0 bridgehead atoms. The highest BCUT2D eigenvalue weighted by atomic mass is 16.5. The third-order valence-electron chi connectivity index (χ3n) is 5.48. The number of likely N-dealkylation sites (tertiary alicyclic amines) is 1. The first-order valence-electron chi connectivity index (χ1n) is 10.5. The van der Waals surface area contributed by atoms with Crippen LogP contribution in [0.3, 0.4) is 0 Å². The molecule has 0 radical (unpaired) electrons. The molecule has 0 spiro atoms. The van der Waals surface area contributed by atoms with Gasteiger partial charge in [0.15, 0.2) is 0 Å². The molecule has 1 aromatic carbocycles. The fourth-order valence-corrected chi connectivity index (χ4v) is 3.81. The van der Waals surface area contributed by atoms with Gasteiger partial charge in [0.25, 0.3) is 0 Å². The van der Waals surface area contributed by atoms with Gasteiger partial charge in [0.1, 0.15) is 11.5 Å². The highest BCUT2D eigenvalue weighted by Gasteiger charge is 2.21. The van der Waals surface area contributed by atoms with Crippen LogP contribution in [0.4, 0.5) is 0 Å². The number of aryl methyl sites for hydroxylation is 1. The zero-order chi connectivity index (χ0) is 20.8. The van der Waals surface area contributed by atoms with Crippen molar-refractivity contribution >= 4 is 5.91 Å². The van der Waals surface area contributed by atoms with Gasteiger partial charge in [0.2, 0.25) is 11.8 Å². The van der Waals surface area contributed by atoms with Gasteiger partial charge in [-0.3, -0.25) is 4.79 Å². The van der Waals surface area contributed by atoms with Crippen molar-refractivity contribution in [2.24, 2.45) is 11.8 Å². The second-order valence-corrected chi connectivity index (χ2v) is 8.37. The second-order valence-electron chi connectivity index (χ2n) is 8.37. The largest absolute Gasteiger partial charge is 0.497 e. The first-order valence-corrected chi connectivity index (χ1v) is 10.5. The van der Waals surface area contributed by atoms with Crippen LogP contribution in [0, 0.1) is 18.8 Å². The van der Waals surface area contributed by atoms with Crippen LogP contribution in [-0.2, 0) is 11.2 Å². The molecule has 2 heterocycles. The van der Waals surface area contributed by atoms with E-state index in [2.05, 4.69) is 29.0 Å². The molecule has 1 aliphatic heterocycles. The second kappa shape index (κ2) is 9.92. The van der Waals surface area contributed by atoms with Gasteiger partial charge in [-0.25, -0.2) is 4.98 Å². The van der Waals surface area contributed by atoms with Crippen molar-refractivity contribution in [3.05, 3.63) is 35.7 Å². The molecule has 1 N–H and O–H groups in total. The molecule has 1 aromatic heterocycles. The molecule has 158 valence electrons. The minimum atomic E-state index is 0.00675. The summed E-state index contributed by atoms with van der Waals surface area (Å²) in [6, 6.07) is 7.54. The molecule has 1 saturated heterocycles. The molecule has 2 aromatic rings. The van der Waals surface area contributed by atoms with Gasteiger partial charge in [-0.05, 0) is 69.0 Å². The molecule has 3 rings (SSSR count). The minimum absolute atomic E-state index is 0.00675. The first-order chi connectivity index (χ1) is 13.9. The summed E-state index contributed by atoms with van der Waals surface area (Å²) in [5.74, 6) is 3.28. The Labute approximate surface area is 173 Å². The van der Waals surface area contributed by atoms with Crippen molar-refractivity contribution in [3.63, 3.8) is 0 Å². The summed E-state index contributed by atoms with van der Waals surface area (Å²) in [6.07, 6.45) is 2.55. The molecule has 0 atom stereocenters. The maximum absolute atomic E-state index is 12.4. The third-order valence-corrected chi connectivity index (χ3v) is 5.48. The number of oxazole rings is 1. The smallest absolute Gasteiger partial charge is 0.226 e. The SMILES string of the molecule is COc1ccc(-c2nc(CC(=O)NCC3CCN(CC(C)C)CC3)c(C)o2)cc1. The van der Waals surface area contributed by atoms with E-state index in [0.717, 1.165) is 43.8 Å². The molecule has 1 fully saturated rings. The van der Waals surface area contributed by atoms with Gasteiger partial charge in [-0.1, -0.05) is 13.8 Å². The number of ether oxygens (including phenoxy) is 1. The predicted molar refractivity (Wildman–Crippen MR) is 114 cm³/mol. The van der Waals surface area contributed by atoms with Gasteiger partial charge in [-0.15, -0.1) is 0 Å². The maximum atomic E-state index is 12.4. The maximum Gasteiger partial charge on any atom is 0.226 e. The molecule has 6 nitrogen and oxygen atoms in total. The van der Waals surface area contributed by atoms with Crippen LogP contribution in [0.15, 0.2) is 28.7 Å². The molecule has 0 saturated carbocycles. The van der Waals surface area contributed by atoms with E-state index in [9.17, 15) is 4.79 Å². The Morgan fingerprint density at radius 3 is 2.59 bits per heavy atom. The van der Waals surface area contributed by atoms with E-state index in [-0.39, 0.29) is 12.3 Å². The molecule has 1 amide bonds. The average Bonchev–Trinajstić information content (AvgIpc) is 3.07. The lowest BCUT2D eigenvalue weighted by Gasteiger charge is -2.33. The number of rotatable bonds is 8. The summed E-state index contributed by atoms with van der Waals surface area (Å²) in [4.78, 5) is 19.5. The van der Waals surface area contributed by atoms with Gasteiger partial charge < -0.3 is 19.4 Å². The van der Waals surface area contributed by atoms with Gasteiger partial charge in [0.05, 0.1) is 19.2 Å². The lowest BCUT2D eigenvalue weighted by atomic mass is 9.96. The summed E-state index contributed by atoms with van der Waals surface area (Å²) in [7, 11) is 1.63. The molecule has 0 aliphatic carbocycles. The molecular weight excluding hydrogens is 366 g/mol. The van der Waals surface area contributed by atoms with E-state index >= 15 is 0 Å². The molecule has 29 heavy (non-hydrogen) atoms. The van der Waals surface area contributed by atoms with Crippen molar-refractivity contribution in [3.8, 4) is 17.2 Å². The Kier molecular flexibility index (Phi) is 7.31. The van der Waals surface area contributed by atoms with Gasteiger partial charge >= 0.3 is 0 Å². The van der Waals surface area contributed by atoms with Crippen LogP contribution < -0.4 is 10.1 Å². The Balaban J connectivity index is 1.48. The lowest BCUT2D eigenvalue weighted by Crippen LogP contribution is -2.40. The average molecular weight is 400 g/mol. The number of nitrogens with one attached hydrogen (secondary N) is 1. The van der Waals surface area contributed by atoms with E-state index in [1.54, 1.807) is 7.11 Å². The fraction of sp³-hybridized carbons (Fsp3) is 0.565. The van der Waals surface area contributed by atoms with Gasteiger partial charge in [-0.2, -0.15) is 0 Å². The Hall–Kier alpha value is -2.34. The highest BCUT2D eigenvalue weighted by Crippen LogP contribution is 2.24. The van der Waals surface area contributed by atoms with E-state index in [0.29, 0.717) is 29.2 Å².